The lowest BCUT2D eigenvalue weighted by molar-refractivity contribution is 0.0927. The van der Waals surface area contributed by atoms with Gasteiger partial charge in [-0.2, -0.15) is 0 Å². The van der Waals surface area contributed by atoms with Gasteiger partial charge in [0.15, 0.2) is 0 Å². The third kappa shape index (κ3) is 5.29. The quantitative estimate of drug-likeness (QED) is 0.861. The van der Waals surface area contributed by atoms with Gasteiger partial charge >= 0.3 is 0 Å². The minimum Gasteiger partial charge on any atom is -0.349 e. The molecule has 22 heavy (non-hydrogen) atoms. The monoisotopic (exact) mass is 322 g/mol. The molecule has 2 N–H and O–H groups in total. The summed E-state index contributed by atoms with van der Waals surface area (Å²) in [5, 5.41) is 6.98. The molecule has 1 saturated carbocycles. The van der Waals surface area contributed by atoms with Crippen LogP contribution in [0.4, 0.5) is 0 Å². The van der Waals surface area contributed by atoms with E-state index in [1.807, 2.05) is 25.1 Å². The topological polar surface area (TPSA) is 41.1 Å². The molecule has 122 valence electrons. The first-order valence-corrected chi connectivity index (χ1v) is 8.83. The summed E-state index contributed by atoms with van der Waals surface area (Å²) in [6, 6.07) is 5.81. The van der Waals surface area contributed by atoms with E-state index in [1.165, 1.54) is 45.2 Å². The third-order valence-corrected chi connectivity index (χ3v) is 4.82. The lowest BCUT2D eigenvalue weighted by Crippen LogP contribution is -2.36. The fourth-order valence-electron chi connectivity index (χ4n) is 2.99. The van der Waals surface area contributed by atoms with E-state index in [9.17, 15) is 4.79 Å². The summed E-state index contributed by atoms with van der Waals surface area (Å²) >= 11 is 6.02. The van der Waals surface area contributed by atoms with Crippen LogP contribution in [0.3, 0.4) is 0 Å². The molecular formula is C18H27ClN2O. The molecule has 0 aromatic heterocycles. The van der Waals surface area contributed by atoms with Gasteiger partial charge in [0.25, 0.3) is 5.91 Å². The van der Waals surface area contributed by atoms with Crippen molar-refractivity contribution in [3.05, 3.63) is 34.3 Å². The zero-order chi connectivity index (χ0) is 15.8. The number of carbonyl (C=O) groups is 1. The van der Waals surface area contributed by atoms with E-state index < -0.39 is 0 Å². The fraction of sp³-hybridized carbons (Fsp3) is 0.611. The van der Waals surface area contributed by atoms with E-state index in [4.69, 9.17) is 11.6 Å². The lowest BCUT2D eigenvalue weighted by Gasteiger charge is -2.23. The van der Waals surface area contributed by atoms with Crippen molar-refractivity contribution in [2.24, 2.45) is 0 Å². The highest BCUT2D eigenvalue weighted by atomic mass is 35.5. The highest BCUT2D eigenvalue weighted by molar-refractivity contribution is 6.31. The van der Waals surface area contributed by atoms with Crippen LogP contribution in [0.2, 0.25) is 5.02 Å². The van der Waals surface area contributed by atoms with Crippen LogP contribution in [0.1, 0.15) is 60.9 Å². The van der Waals surface area contributed by atoms with Crippen molar-refractivity contribution in [3.8, 4) is 0 Å². The number of nitrogens with one attached hydrogen (secondary N) is 2. The fourth-order valence-corrected chi connectivity index (χ4v) is 3.16. The van der Waals surface area contributed by atoms with Crippen LogP contribution < -0.4 is 10.6 Å². The molecule has 0 atom stereocenters. The number of carbonyl (C=O) groups excluding carboxylic acids is 1. The van der Waals surface area contributed by atoms with Crippen LogP contribution in [0, 0.1) is 6.92 Å². The first kappa shape index (κ1) is 17.3. The zero-order valence-electron chi connectivity index (χ0n) is 13.5. The van der Waals surface area contributed by atoms with Crippen molar-refractivity contribution in [2.75, 3.05) is 13.1 Å². The molecule has 0 unspecified atom stereocenters. The normalized spacial score (nSPS) is 18.5. The number of hydrogen-bond donors (Lipinski definition) is 2. The average Bonchev–Trinajstić information content (AvgIpc) is 3.10. The number of halogens is 1. The Balaban J connectivity index is 0.000000299. The van der Waals surface area contributed by atoms with Gasteiger partial charge in [0.05, 0.1) is 0 Å². The molecule has 0 bridgehead atoms. The van der Waals surface area contributed by atoms with Crippen LogP contribution in [-0.2, 0) is 0 Å². The van der Waals surface area contributed by atoms with Crippen molar-refractivity contribution in [1.82, 2.24) is 10.6 Å². The number of hydrogen-bond acceptors (Lipinski definition) is 2. The molecule has 1 aromatic rings. The molecule has 0 spiro atoms. The smallest absolute Gasteiger partial charge is 0.251 e. The van der Waals surface area contributed by atoms with Crippen molar-refractivity contribution in [1.29, 1.82) is 0 Å². The second kappa shape index (κ2) is 9.16. The summed E-state index contributed by atoms with van der Waals surface area (Å²) in [5.74, 6) is 0.0110. The van der Waals surface area contributed by atoms with Gasteiger partial charge in [-0.1, -0.05) is 36.9 Å². The largest absolute Gasteiger partial charge is 0.349 e. The van der Waals surface area contributed by atoms with Crippen LogP contribution >= 0.6 is 11.6 Å². The summed E-state index contributed by atoms with van der Waals surface area (Å²) in [5.41, 5.74) is 1.56. The Hall–Kier alpha value is -1.06. The molecule has 1 saturated heterocycles. The van der Waals surface area contributed by atoms with Gasteiger partial charge in [0.2, 0.25) is 0 Å². The van der Waals surface area contributed by atoms with E-state index in [2.05, 4.69) is 10.6 Å². The minimum atomic E-state index is 0.0110. The van der Waals surface area contributed by atoms with Gasteiger partial charge in [-0.25, -0.2) is 0 Å². The predicted octanol–water partition coefficient (Wildman–Crippen LogP) is 4.08. The van der Waals surface area contributed by atoms with Crippen molar-refractivity contribution in [3.63, 3.8) is 0 Å². The summed E-state index contributed by atoms with van der Waals surface area (Å²) in [7, 11) is 0. The molecule has 1 aromatic carbocycles. The maximum atomic E-state index is 12.1. The van der Waals surface area contributed by atoms with Crippen molar-refractivity contribution < 1.29 is 4.79 Å². The molecule has 3 rings (SSSR count). The number of rotatable bonds is 2. The van der Waals surface area contributed by atoms with Gasteiger partial charge in [0.1, 0.15) is 0 Å². The van der Waals surface area contributed by atoms with Crippen LogP contribution in [0.15, 0.2) is 18.2 Å². The Morgan fingerprint density at radius 2 is 1.82 bits per heavy atom. The number of benzene rings is 1. The van der Waals surface area contributed by atoms with Crippen LogP contribution in [0.5, 0.6) is 0 Å². The van der Waals surface area contributed by atoms with Gasteiger partial charge in [-0.3, -0.25) is 4.79 Å². The molecule has 4 heteroatoms. The first-order chi connectivity index (χ1) is 10.7. The van der Waals surface area contributed by atoms with Gasteiger partial charge in [-0.15, -0.1) is 0 Å². The van der Waals surface area contributed by atoms with Crippen LogP contribution in [0.25, 0.3) is 0 Å². The second-order valence-electron chi connectivity index (χ2n) is 6.18. The van der Waals surface area contributed by atoms with E-state index in [0.29, 0.717) is 16.6 Å². The van der Waals surface area contributed by atoms with Crippen LogP contribution in [-0.4, -0.2) is 25.0 Å². The van der Waals surface area contributed by atoms with Gasteiger partial charge < -0.3 is 10.6 Å². The predicted molar refractivity (Wildman–Crippen MR) is 92.6 cm³/mol. The van der Waals surface area contributed by atoms with E-state index >= 15 is 0 Å². The number of amides is 1. The molecule has 2 aliphatic rings. The maximum absolute atomic E-state index is 12.1. The van der Waals surface area contributed by atoms with Crippen molar-refractivity contribution in [2.45, 2.75) is 57.9 Å². The maximum Gasteiger partial charge on any atom is 0.251 e. The van der Waals surface area contributed by atoms with E-state index in [-0.39, 0.29) is 5.91 Å². The molecular weight excluding hydrogens is 296 g/mol. The Bertz CT molecular complexity index is 472. The van der Waals surface area contributed by atoms with Crippen molar-refractivity contribution >= 4 is 17.5 Å². The molecule has 0 radical (unpaired) electrons. The molecule has 1 aliphatic heterocycles. The van der Waals surface area contributed by atoms with Gasteiger partial charge in [0, 0.05) is 16.6 Å². The molecule has 3 nitrogen and oxygen atoms in total. The van der Waals surface area contributed by atoms with E-state index in [1.54, 1.807) is 0 Å². The lowest BCUT2D eigenvalue weighted by atomic mass is 9.95. The molecule has 1 aliphatic carbocycles. The summed E-state index contributed by atoms with van der Waals surface area (Å²) < 4.78 is 0. The minimum absolute atomic E-state index is 0.0110. The standard InChI is InChI=1S/C14H18ClNO.C4H9N/c1-10-12(8-5-9-13(10)15)14(17)16-11-6-3-2-4-7-11;1-2-4-5-3-1/h5,8-9,11H,2-4,6-7H2,1H3,(H,16,17);5H,1-4H2. The highest BCUT2D eigenvalue weighted by Crippen LogP contribution is 2.21. The summed E-state index contributed by atoms with van der Waals surface area (Å²) in [4.78, 5) is 12.1. The Morgan fingerprint density at radius 1 is 1.14 bits per heavy atom. The third-order valence-electron chi connectivity index (χ3n) is 4.41. The Morgan fingerprint density at radius 3 is 2.41 bits per heavy atom. The average molecular weight is 323 g/mol. The molecule has 1 amide bonds. The van der Waals surface area contributed by atoms with Gasteiger partial charge in [-0.05, 0) is 63.4 Å². The summed E-state index contributed by atoms with van der Waals surface area (Å²) in [6.45, 7) is 4.39. The first-order valence-electron chi connectivity index (χ1n) is 8.45. The highest BCUT2D eigenvalue weighted by Gasteiger charge is 2.18. The molecule has 1 heterocycles. The Labute approximate surface area is 138 Å². The Kier molecular flexibility index (Phi) is 7.20. The zero-order valence-corrected chi connectivity index (χ0v) is 14.2. The van der Waals surface area contributed by atoms with E-state index in [0.717, 1.165) is 18.4 Å². The summed E-state index contributed by atoms with van der Waals surface area (Å²) in [6.07, 6.45) is 8.72. The molecule has 2 fully saturated rings. The second-order valence-corrected chi connectivity index (χ2v) is 6.59. The SMILES string of the molecule is C1CCNC1.Cc1c(Cl)cccc1C(=O)NC1CCCCC1.